The third kappa shape index (κ3) is 1.90. The summed E-state index contributed by atoms with van der Waals surface area (Å²) in [6, 6.07) is 5.09. The van der Waals surface area contributed by atoms with E-state index in [9.17, 15) is 9.59 Å². The summed E-state index contributed by atoms with van der Waals surface area (Å²) in [5.41, 5.74) is 1.40. The van der Waals surface area contributed by atoms with E-state index in [0.717, 1.165) is 22.6 Å². The van der Waals surface area contributed by atoms with Crippen LogP contribution in [0.25, 0.3) is 0 Å². The van der Waals surface area contributed by atoms with Crippen molar-refractivity contribution >= 4 is 23.7 Å². The van der Waals surface area contributed by atoms with Gasteiger partial charge >= 0.3 is 11.9 Å². The van der Waals surface area contributed by atoms with Gasteiger partial charge in [-0.05, 0) is 23.6 Å². The Balaban J connectivity index is 2.39. The maximum atomic E-state index is 10.9. The molecule has 0 aliphatic carbocycles. The van der Waals surface area contributed by atoms with Crippen molar-refractivity contribution in [3.63, 3.8) is 0 Å². The van der Waals surface area contributed by atoms with E-state index in [1.807, 2.05) is 0 Å². The Labute approximate surface area is 96.3 Å². The van der Waals surface area contributed by atoms with Crippen LogP contribution in [0.3, 0.4) is 0 Å². The molecule has 0 unspecified atom stereocenters. The molecule has 0 saturated heterocycles. The summed E-state index contributed by atoms with van der Waals surface area (Å²) in [6.07, 6.45) is 0.875. The van der Waals surface area contributed by atoms with E-state index in [1.165, 1.54) is 0 Å². The van der Waals surface area contributed by atoms with Gasteiger partial charge in [-0.25, -0.2) is 0 Å². The van der Waals surface area contributed by atoms with E-state index in [4.69, 9.17) is 10.2 Å². The van der Waals surface area contributed by atoms with Gasteiger partial charge in [-0.2, -0.15) is 0 Å². The lowest BCUT2D eigenvalue weighted by Crippen LogP contribution is -2.21. The Hall–Kier alpha value is -1.49. The molecule has 5 heteroatoms. The lowest BCUT2D eigenvalue weighted by molar-refractivity contribution is -0.150. The van der Waals surface area contributed by atoms with Crippen molar-refractivity contribution in [3.05, 3.63) is 29.3 Å². The van der Waals surface area contributed by atoms with Crippen LogP contribution in [0.5, 0.6) is 0 Å². The zero-order valence-electron chi connectivity index (χ0n) is 8.34. The molecule has 0 bridgehead atoms. The van der Waals surface area contributed by atoms with Crippen molar-refractivity contribution in [2.24, 2.45) is 0 Å². The molecule has 1 aromatic rings. The molecule has 0 atom stereocenters. The highest BCUT2D eigenvalue weighted by Crippen LogP contribution is 2.33. The zero-order chi connectivity index (χ0) is 11.7. The molecule has 0 spiro atoms. The fourth-order valence-corrected chi connectivity index (χ4v) is 2.83. The van der Waals surface area contributed by atoms with Crippen LogP contribution in [-0.2, 0) is 16.0 Å². The first kappa shape index (κ1) is 11.0. The molecule has 2 N–H and O–H groups in total. The number of fused-ring (bicyclic) bond motifs is 1. The first-order chi connectivity index (χ1) is 7.59. The number of aryl methyl sites for hydroxylation is 1. The number of hydrogen-bond donors (Lipinski definition) is 2. The van der Waals surface area contributed by atoms with Gasteiger partial charge in [0.25, 0.3) is 0 Å². The first-order valence-electron chi connectivity index (χ1n) is 4.81. The molecule has 0 radical (unpaired) electrons. The predicted octanol–water partition coefficient (Wildman–Crippen LogP) is 1.59. The van der Waals surface area contributed by atoms with Crippen molar-refractivity contribution in [2.45, 2.75) is 17.2 Å². The van der Waals surface area contributed by atoms with E-state index in [0.29, 0.717) is 5.56 Å². The van der Waals surface area contributed by atoms with Gasteiger partial charge in [0.1, 0.15) is 0 Å². The summed E-state index contributed by atoms with van der Waals surface area (Å²) < 4.78 is 0. The number of rotatable bonds is 3. The SMILES string of the molecule is O=C(O)C(C(=O)O)c1ccc2c(c1)CCS2. The molecular formula is C11H10O4S. The minimum absolute atomic E-state index is 0.348. The van der Waals surface area contributed by atoms with Crippen LogP contribution in [0.15, 0.2) is 23.1 Å². The normalized spacial score (nSPS) is 13.8. The van der Waals surface area contributed by atoms with E-state index < -0.39 is 17.9 Å². The standard InChI is InChI=1S/C11H10O4S/c12-10(13)9(11(14)15)7-1-2-8-6(5-7)3-4-16-8/h1-2,5,9H,3-4H2,(H,12,13)(H,14,15). The highest BCUT2D eigenvalue weighted by Gasteiger charge is 2.28. The van der Waals surface area contributed by atoms with Crippen LogP contribution in [0.1, 0.15) is 17.0 Å². The highest BCUT2D eigenvalue weighted by atomic mass is 32.2. The van der Waals surface area contributed by atoms with Crippen molar-refractivity contribution in [2.75, 3.05) is 5.75 Å². The second-order valence-corrected chi connectivity index (χ2v) is 4.71. The molecule has 16 heavy (non-hydrogen) atoms. The molecule has 2 rings (SSSR count). The predicted molar refractivity (Wildman–Crippen MR) is 58.9 cm³/mol. The quantitative estimate of drug-likeness (QED) is 0.782. The fraction of sp³-hybridized carbons (Fsp3) is 0.273. The number of aliphatic carboxylic acids is 2. The van der Waals surface area contributed by atoms with Gasteiger partial charge in [0.05, 0.1) is 0 Å². The van der Waals surface area contributed by atoms with Gasteiger partial charge in [0.15, 0.2) is 5.92 Å². The lowest BCUT2D eigenvalue weighted by Gasteiger charge is -2.09. The number of carboxylic acids is 2. The molecule has 1 aliphatic heterocycles. The van der Waals surface area contributed by atoms with Crippen LogP contribution >= 0.6 is 11.8 Å². The zero-order valence-corrected chi connectivity index (χ0v) is 9.16. The Morgan fingerprint density at radius 3 is 2.56 bits per heavy atom. The lowest BCUT2D eigenvalue weighted by atomic mass is 9.97. The molecule has 0 amide bonds. The third-order valence-electron chi connectivity index (χ3n) is 2.54. The Kier molecular flexibility index (Phi) is 2.87. The van der Waals surface area contributed by atoms with Crippen LogP contribution in [0.2, 0.25) is 0 Å². The van der Waals surface area contributed by atoms with Crippen molar-refractivity contribution in [1.29, 1.82) is 0 Å². The van der Waals surface area contributed by atoms with Crippen LogP contribution in [0, 0.1) is 0 Å². The van der Waals surface area contributed by atoms with Gasteiger partial charge in [-0.15, -0.1) is 11.8 Å². The van der Waals surface area contributed by atoms with Crippen molar-refractivity contribution in [1.82, 2.24) is 0 Å². The maximum Gasteiger partial charge on any atom is 0.322 e. The largest absolute Gasteiger partial charge is 0.480 e. The van der Waals surface area contributed by atoms with Crippen LogP contribution < -0.4 is 0 Å². The number of carboxylic acid groups (broad SMARTS) is 2. The molecule has 1 aliphatic rings. The second kappa shape index (κ2) is 4.17. The minimum Gasteiger partial charge on any atom is -0.480 e. The number of hydrogen-bond acceptors (Lipinski definition) is 3. The Bertz CT molecular complexity index is 441. The molecular weight excluding hydrogens is 228 g/mol. The fourth-order valence-electron chi connectivity index (χ4n) is 1.78. The minimum atomic E-state index is -1.46. The van der Waals surface area contributed by atoms with Crippen LogP contribution in [0.4, 0.5) is 0 Å². The number of benzene rings is 1. The van der Waals surface area contributed by atoms with Gasteiger partial charge < -0.3 is 10.2 Å². The molecule has 0 saturated carbocycles. The summed E-state index contributed by atoms with van der Waals surface area (Å²) in [4.78, 5) is 22.8. The number of carbonyl (C=O) groups is 2. The smallest absolute Gasteiger partial charge is 0.322 e. The Morgan fingerprint density at radius 2 is 1.94 bits per heavy atom. The summed E-state index contributed by atoms with van der Waals surface area (Å²) >= 11 is 1.71. The highest BCUT2D eigenvalue weighted by molar-refractivity contribution is 7.99. The average Bonchev–Trinajstić information content (AvgIpc) is 2.63. The molecule has 84 valence electrons. The first-order valence-corrected chi connectivity index (χ1v) is 5.79. The van der Waals surface area contributed by atoms with Gasteiger partial charge in [-0.3, -0.25) is 9.59 Å². The van der Waals surface area contributed by atoms with Gasteiger partial charge in [-0.1, -0.05) is 12.1 Å². The molecule has 1 heterocycles. The monoisotopic (exact) mass is 238 g/mol. The van der Waals surface area contributed by atoms with Gasteiger partial charge in [0, 0.05) is 10.6 Å². The van der Waals surface area contributed by atoms with E-state index in [-0.39, 0.29) is 0 Å². The summed E-state index contributed by atoms with van der Waals surface area (Å²) in [7, 11) is 0. The van der Waals surface area contributed by atoms with Crippen LogP contribution in [-0.4, -0.2) is 27.9 Å². The van der Waals surface area contributed by atoms with E-state index in [2.05, 4.69) is 0 Å². The topological polar surface area (TPSA) is 74.6 Å². The average molecular weight is 238 g/mol. The van der Waals surface area contributed by atoms with E-state index >= 15 is 0 Å². The summed E-state index contributed by atoms with van der Waals surface area (Å²) in [6.45, 7) is 0. The van der Waals surface area contributed by atoms with Crippen molar-refractivity contribution < 1.29 is 19.8 Å². The van der Waals surface area contributed by atoms with E-state index in [1.54, 1.807) is 30.0 Å². The molecule has 0 aromatic heterocycles. The third-order valence-corrected chi connectivity index (χ3v) is 3.66. The Morgan fingerprint density at radius 1 is 1.25 bits per heavy atom. The van der Waals surface area contributed by atoms with Gasteiger partial charge in [0.2, 0.25) is 0 Å². The summed E-state index contributed by atoms with van der Waals surface area (Å²) in [5.74, 6) is -3.13. The molecule has 4 nitrogen and oxygen atoms in total. The maximum absolute atomic E-state index is 10.9. The second-order valence-electron chi connectivity index (χ2n) is 3.58. The molecule has 1 aromatic carbocycles. The molecule has 0 fully saturated rings. The van der Waals surface area contributed by atoms with Crippen molar-refractivity contribution in [3.8, 4) is 0 Å². The summed E-state index contributed by atoms with van der Waals surface area (Å²) in [5, 5.41) is 17.7. The number of thioether (sulfide) groups is 1.